The Kier molecular flexibility index (Phi) is 6.12. The monoisotopic (exact) mass is 270 g/mol. The van der Waals surface area contributed by atoms with Gasteiger partial charge in [-0.1, -0.05) is 30.7 Å². The van der Waals surface area contributed by atoms with Crippen molar-refractivity contribution in [3.8, 4) is 0 Å². The molecule has 1 rings (SSSR count). The highest BCUT2D eigenvalue weighted by Crippen LogP contribution is 2.17. The molecule has 0 aromatic heterocycles. The molecule has 0 radical (unpaired) electrons. The number of aryl methyl sites for hydroxylation is 1. The second kappa shape index (κ2) is 7.36. The summed E-state index contributed by atoms with van der Waals surface area (Å²) in [6.45, 7) is 2.65. The second-order valence-corrected chi connectivity index (χ2v) is 4.47. The first-order valence-electron chi connectivity index (χ1n) is 5.88. The highest BCUT2D eigenvalue weighted by Gasteiger charge is 2.13. The lowest BCUT2D eigenvalue weighted by Gasteiger charge is -2.12. The number of carbonyl (C=O) groups excluding carboxylic acids is 1. The van der Waals surface area contributed by atoms with Crippen molar-refractivity contribution in [3.05, 3.63) is 34.3 Å². The first kappa shape index (κ1) is 15.0. The molecule has 1 aromatic carbocycles. The van der Waals surface area contributed by atoms with E-state index in [-0.39, 0.29) is 12.5 Å². The van der Waals surface area contributed by atoms with Crippen molar-refractivity contribution in [2.24, 2.45) is 5.73 Å². The zero-order valence-electron chi connectivity index (χ0n) is 10.7. The van der Waals surface area contributed by atoms with Gasteiger partial charge in [-0.2, -0.15) is 0 Å². The van der Waals surface area contributed by atoms with Gasteiger partial charge in [0, 0.05) is 18.7 Å². The molecule has 0 aliphatic heterocycles. The van der Waals surface area contributed by atoms with Gasteiger partial charge < -0.3 is 15.8 Å². The number of ether oxygens (including phenoxy) is 1. The van der Waals surface area contributed by atoms with Gasteiger partial charge in [0.25, 0.3) is 0 Å². The van der Waals surface area contributed by atoms with E-state index in [1.165, 1.54) is 12.7 Å². The van der Waals surface area contributed by atoms with Crippen molar-refractivity contribution < 1.29 is 9.53 Å². The van der Waals surface area contributed by atoms with Crippen LogP contribution in [0.3, 0.4) is 0 Å². The van der Waals surface area contributed by atoms with Crippen LogP contribution >= 0.6 is 11.6 Å². The van der Waals surface area contributed by atoms with E-state index in [1.54, 1.807) is 0 Å². The number of hydrogen-bond acceptors (Lipinski definition) is 3. The summed E-state index contributed by atoms with van der Waals surface area (Å²) in [6, 6.07) is 5.16. The predicted octanol–water partition coefficient (Wildman–Crippen LogP) is 1.49. The van der Waals surface area contributed by atoms with Gasteiger partial charge in [-0.25, -0.2) is 0 Å². The lowest BCUT2D eigenvalue weighted by molar-refractivity contribution is -0.123. The molecule has 1 unspecified atom stereocenters. The third-order valence-corrected chi connectivity index (χ3v) is 3.02. The van der Waals surface area contributed by atoms with Gasteiger partial charge in [0.2, 0.25) is 5.91 Å². The van der Waals surface area contributed by atoms with Crippen molar-refractivity contribution in [1.82, 2.24) is 5.32 Å². The van der Waals surface area contributed by atoms with E-state index in [1.807, 2.05) is 18.2 Å². The molecule has 0 heterocycles. The Balaban J connectivity index is 2.60. The van der Waals surface area contributed by atoms with Crippen LogP contribution in [-0.4, -0.2) is 25.7 Å². The van der Waals surface area contributed by atoms with Crippen LogP contribution in [0.2, 0.25) is 5.02 Å². The number of hydrogen-bond donors (Lipinski definition) is 2. The number of amides is 1. The van der Waals surface area contributed by atoms with E-state index >= 15 is 0 Å². The minimum atomic E-state index is -0.650. The van der Waals surface area contributed by atoms with Gasteiger partial charge in [0.05, 0.1) is 6.61 Å². The van der Waals surface area contributed by atoms with Gasteiger partial charge in [-0.3, -0.25) is 4.79 Å². The molecular formula is C13H19ClN2O2. The van der Waals surface area contributed by atoms with Gasteiger partial charge in [-0.15, -0.1) is 0 Å². The maximum Gasteiger partial charge on any atom is 0.239 e. The second-order valence-electron chi connectivity index (χ2n) is 4.06. The highest BCUT2D eigenvalue weighted by atomic mass is 35.5. The number of methoxy groups -OCH3 is 1. The number of benzene rings is 1. The van der Waals surface area contributed by atoms with E-state index in [9.17, 15) is 4.79 Å². The maximum atomic E-state index is 11.6. The average molecular weight is 271 g/mol. The Hall–Kier alpha value is -1.10. The molecule has 1 amide bonds. The summed E-state index contributed by atoms with van der Waals surface area (Å²) in [4.78, 5) is 11.6. The van der Waals surface area contributed by atoms with Crippen molar-refractivity contribution >= 4 is 17.5 Å². The molecular weight excluding hydrogens is 252 g/mol. The van der Waals surface area contributed by atoms with E-state index < -0.39 is 6.04 Å². The summed E-state index contributed by atoms with van der Waals surface area (Å²) >= 11 is 6.07. The van der Waals surface area contributed by atoms with Gasteiger partial charge in [0.1, 0.15) is 6.04 Å². The van der Waals surface area contributed by atoms with Crippen LogP contribution in [-0.2, 0) is 22.5 Å². The summed E-state index contributed by atoms with van der Waals surface area (Å²) in [7, 11) is 1.51. The first-order valence-corrected chi connectivity index (χ1v) is 6.25. The molecule has 0 saturated heterocycles. The molecule has 1 aromatic rings. The molecule has 4 nitrogen and oxygen atoms in total. The third kappa shape index (κ3) is 4.29. The molecule has 0 saturated carbocycles. The van der Waals surface area contributed by atoms with Crippen LogP contribution in [0.5, 0.6) is 0 Å². The number of nitrogens with two attached hydrogens (primary N) is 1. The van der Waals surface area contributed by atoms with Crippen molar-refractivity contribution in [1.29, 1.82) is 0 Å². The van der Waals surface area contributed by atoms with Crippen LogP contribution < -0.4 is 11.1 Å². The van der Waals surface area contributed by atoms with E-state index in [0.717, 1.165) is 12.0 Å². The normalized spacial score (nSPS) is 12.2. The van der Waals surface area contributed by atoms with Crippen molar-refractivity contribution in [3.63, 3.8) is 0 Å². The standard InChI is InChI=1S/C13H19ClN2O2/c1-3-9-4-5-11(14)10(6-9)7-16-13(17)12(15)8-18-2/h4-6,12H,3,7-8,15H2,1-2H3,(H,16,17). The lowest BCUT2D eigenvalue weighted by Crippen LogP contribution is -2.43. The largest absolute Gasteiger partial charge is 0.383 e. The summed E-state index contributed by atoms with van der Waals surface area (Å²) in [5.41, 5.74) is 7.70. The molecule has 0 aliphatic carbocycles. The third-order valence-electron chi connectivity index (χ3n) is 2.65. The number of nitrogens with one attached hydrogen (secondary N) is 1. The van der Waals surface area contributed by atoms with Crippen LogP contribution in [0.25, 0.3) is 0 Å². The van der Waals surface area contributed by atoms with Gasteiger partial charge in [0.15, 0.2) is 0 Å². The van der Waals surface area contributed by atoms with Gasteiger partial charge >= 0.3 is 0 Å². The molecule has 0 fully saturated rings. The Bertz CT molecular complexity index is 410. The van der Waals surface area contributed by atoms with Crippen molar-refractivity contribution in [2.75, 3.05) is 13.7 Å². The zero-order valence-corrected chi connectivity index (χ0v) is 11.5. The van der Waals surface area contributed by atoms with E-state index in [0.29, 0.717) is 11.6 Å². The molecule has 0 bridgehead atoms. The smallest absolute Gasteiger partial charge is 0.239 e. The fourth-order valence-corrected chi connectivity index (χ4v) is 1.74. The Labute approximate surface area is 112 Å². The maximum absolute atomic E-state index is 11.6. The zero-order chi connectivity index (χ0) is 13.5. The average Bonchev–Trinajstić information content (AvgIpc) is 2.37. The molecule has 18 heavy (non-hydrogen) atoms. The lowest BCUT2D eigenvalue weighted by atomic mass is 10.1. The molecule has 5 heteroatoms. The van der Waals surface area contributed by atoms with E-state index in [2.05, 4.69) is 12.2 Å². The molecule has 1 atom stereocenters. The summed E-state index contributed by atoms with van der Waals surface area (Å²) in [5, 5.41) is 3.39. The highest BCUT2D eigenvalue weighted by molar-refractivity contribution is 6.31. The van der Waals surface area contributed by atoms with Gasteiger partial charge in [-0.05, 0) is 23.6 Å². The van der Waals surface area contributed by atoms with Crippen LogP contribution in [0.4, 0.5) is 0 Å². The molecule has 0 aliphatic rings. The molecule has 100 valence electrons. The predicted molar refractivity (Wildman–Crippen MR) is 72.5 cm³/mol. The Morgan fingerprint density at radius 3 is 2.89 bits per heavy atom. The van der Waals surface area contributed by atoms with Crippen LogP contribution in [0, 0.1) is 0 Å². The first-order chi connectivity index (χ1) is 8.58. The number of carbonyl (C=O) groups is 1. The Morgan fingerprint density at radius 1 is 1.56 bits per heavy atom. The fourth-order valence-electron chi connectivity index (χ4n) is 1.55. The summed E-state index contributed by atoms with van der Waals surface area (Å²) in [6.07, 6.45) is 0.932. The topological polar surface area (TPSA) is 64.4 Å². The quantitative estimate of drug-likeness (QED) is 0.823. The molecule has 0 spiro atoms. The number of rotatable bonds is 6. The minimum Gasteiger partial charge on any atom is -0.383 e. The summed E-state index contributed by atoms with van der Waals surface area (Å²) in [5.74, 6) is -0.241. The summed E-state index contributed by atoms with van der Waals surface area (Å²) < 4.78 is 4.83. The molecule has 3 N–H and O–H groups in total. The Morgan fingerprint density at radius 2 is 2.28 bits per heavy atom. The fraction of sp³-hybridized carbons (Fsp3) is 0.462. The van der Waals surface area contributed by atoms with Crippen LogP contribution in [0.1, 0.15) is 18.1 Å². The SMILES string of the molecule is CCc1ccc(Cl)c(CNC(=O)C(N)COC)c1. The van der Waals surface area contributed by atoms with Crippen molar-refractivity contribution in [2.45, 2.75) is 25.9 Å². The minimum absolute atomic E-state index is 0.203. The van der Waals surface area contributed by atoms with Crippen LogP contribution in [0.15, 0.2) is 18.2 Å². The van der Waals surface area contributed by atoms with E-state index in [4.69, 9.17) is 22.1 Å². The number of halogens is 1.